The maximum absolute atomic E-state index is 12.6. The highest BCUT2D eigenvalue weighted by molar-refractivity contribution is 7.86. The highest BCUT2D eigenvalue weighted by atomic mass is 32.2. The smallest absolute Gasteiger partial charge is 0.281 e. The summed E-state index contributed by atoms with van der Waals surface area (Å²) in [5, 5.41) is 3.43. The molecule has 0 atom stereocenters. The molecule has 2 aliphatic carbocycles. The molecule has 21 heavy (non-hydrogen) atoms. The first-order chi connectivity index (χ1) is 10.0. The third-order valence-corrected chi connectivity index (χ3v) is 6.75. The van der Waals surface area contributed by atoms with Crippen LogP contribution in [-0.2, 0) is 10.2 Å². The number of nitrogens with zero attached hydrogens (tertiary/aromatic N) is 2. The second-order valence-electron chi connectivity index (χ2n) is 6.57. The maximum atomic E-state index is 12.6. The average molecular weight is 317 g/mol. The topological polar surface area (TPSA) is 52.7 Å². The second-order valence-corrected chi connectivity index (χ2v) is 8.67. The van der Waals surface area contributed by atoms with Gasteiger partial charge in [-0.05, 0) is 38.6 Å². The normalized spacial score (nSPS) is 21.9. The Hall–Kier alpha value is -0.170. The van der Waals surface area contributed by atoms with E-state index in [9.17, 15) is 8.42 Å². The summed E-state index contributed by atoms with van der Waals surface area (Å²) < 4.78 is 28.4. The highest BCUT2D eigenvalue weighted by Crippen LogP contribution is 2.23. The Kier molecular flexibility index (Phi) is 6.47. The monoisotopic (exact) mass is 317 g/mol. The Labute approximate surface area is 130 Å². The molecule has 0 aliphatic heterocycles. The Balaban J connectivity index is 1.79. The molecule has 0 bridgehead atoms. The molecule has 0 saturated heterocycles. The van der Waals surface area contributed by atoms with E-state index < -0.39 is 10.2 Å². The second kappa shape index (κ2) is 7.90. The molecule has 1 N–H and O–H groups in total. The zero-order valence-electron chi connectivity index (χ0n) is 13.6. The van der Waals surface area contributed by atoms with Crippen molar-refractivity contribution in [1.82, 2.24) is 13.9 Å². The molecule has 5 nitrogen and oxygen atoms in total. The van der Waals surface area contributed by atoms with Gasteiger partial charge in [0.05, 0.1) is 0 Å². The fourth-order valence-corrected chi connectivity index (χ4v) is 4.43. The lowest BCUT2D eigenvalue weighted by molar-refractivity contribution is 0.306. The molecule has 0 aromatic rings. The summed E-state index contributed by atoms with van der Waals surface area (Å²) in [7, 11) is 0.161. The Morgan fingerprint density at radius 3 is 2.19 bits per heavy atom. The van der Waals surface area contributed by atoms with Crippen LogP contribution in [0.15, 0.2) is 0 Å². The van der Waals surface area contributed by atoms with E-state index in [2.05, 4.69) is 5.32 Å². The molecule has 2 fully saturated rings. The molecule has 0 aromatic carbocycles. The number of nitrogens with one attached hydrogen (secondary N) is 1. The molecule has 2 saturated carbocycles. The zero-order valence-corrected chi connectivity index (χ0v) is 14.4. The van der Waals surface area contributed by atoms with E-state index in [1.807, 2.05) is 0 Å². The van der Waals surface area contributed by atoms with Crippen molar-refractivity contribution >= 4 is 10.2 Å². The molecular formula is C15H31N3O2S. The minimum Gasteiger partial charge on any atom is -0.314 e. The summed E-state index contributed by atoms with van der Waals surface area (Å²) in [6.07, 6.45) is 10.2. The van der Waals surface area contributed by atoms with Gasteiger partial charge in [-0.15, -0.1) is 0 Å². The van der Waals surface area contributed by atoms with E-state index in [1.54, 1.807) is 18.4 Å². The molecule has 0 spiro atoms. The van der Waals surface area contributed by atoms with E-state index in [0.717, 1.165) is 38.6 Å². The van der Waals surface area contributed by atoms with Gasteiger partial charge in [0, 0.05) is 32.7 Å². The summed E-state index contributed by atoms with van der Waals surface area (Å²) in [5.74, 6) is 0. The number of rotatable bonds is 8. The Morgan fingerprint density at radius 2 is 1.62 bits per heavy atom. The van der Waals surface area contributed by atoms with Gasteiger partial charge in [0.2, 0.25) is 0 Å². The summed E-state index contributed by atoms with van der Waals surface area (Å²) in [4.78, 5) is 0. The van der Waals surface area contributed by atoms with Crippen LogP contribution in [0.5, 0.6) is 0 Å². The standard InChI is InChI=1S/C15H31N3O2S/c1-17(13-7-12-16-14-10-11-14)21(19,20)18(2)15-8-5-3-4-6-9-15/h14-16H,3-13H2,1-2H3. The van der Waals surface area contributed by atoms with Crippen LogP contribution in [0, 0.1) is 0 Å². The molecule has 2 aliphatic rings. The Morgan fingerprint density at radius 1 is 1.00 bits per heavy atom. The van der Waals surface area contributed by atoms with E-state index >= 15 is 0 Å². The van der Waals surface area contributed by atoms with Crippen molar-refractivity contribution in [1.29, 1.82) is 0 Å². The summed E-state index contributed by atoms with van der Waals surface area (Å²) in [6.45, 7) is 1.51. The minimum atomic E-state index is -3.30. The molecule has 6 heteroatoms. The van der Waals surface area contributed by atoms with Crippen molar-refractivity contribution in [3.05, 3.63) is 0 Å². The van der Waals surface area contributed by atoms with Crippen LogP contribution in [0.25, 0.3) is 0 Å². The summed E-state index contributed by atoms with van der Waals surface area (Å²) in [5.41, 5.74) is 0. The molecule has 0 unspecified atom stereocenters. The van der Waals surface area contributed by atoms with E-state index in [0.29, 0.717) is 12.6 Å². The molecule has 2 rings (SSSR count). The van der Waals surface area contributed by atoms with Crippen LogP contribution in [0.2, 0.25) is 0 Å². The van der Waals surface area contributed by atoms with Crippen LogP contribution in [-0.4, -0.2) is 56.3 Å². The minimum absolute atomic E-state index is 0.185. The third-order valence-electron chi connectivity index (χ3n) is 4.76. The highest BCUT2D eigenvalue weighted by Gasteiger charge is 2.30. The number of hydrogen-bond donors (Lipinski definition) is 1. The molecule has 0 amide bonds. The van der Waals surface area contributed by atoms with Gasteiger partial charge in [-0.2, -0.15) is 17.0 Å². The predicted molar refractivity (Wildman–Crippen MR) is 86.4 cm³/mol. The molecule has 124 valence electrons. The first kappa shape index (κ1) is 17.2. The van der Waals surface area contributed by atoms with Gasteiger partial charge < -0.3 is 5.32 Å². The fourth-order valence-electron chi connectivity index (χ4n) is 3.04. The first-order valence-corrected chi connectivity index (χ1v) is 9.84. The zero-order chi connectivity index (χ0) is 15.3. The van der Waals surface area contributed by atoms with Crippen molar-refractivity contribution in [2.24, 2.45) is 0 Å². The average Bonchev–Trinajstić information content (AvgIpc) is 3.28. The lowest BCUT2D eigenvalue weighted by Gasteiger charge is -2.30. The van der Waals surface area contributed by atoms with Gasteiger partial charge in [-0.3, -0.25) is 0 Å². The largest absolute Gasteiger partial charge is 0.314 e. The SMILES string of the molecule is CN(CCCNC1CC1)S(=O)(=O)N(C)C1CCCCCC1. The van der Waals surface area contributed by atoms with Gasteiger partial charge in [-0.1, -0.05) is 25.7 Å². The van der Waals surface area contributed by atoms with Gasteiger partial charge in [-0.25, -0.2) is 0 Å². The van der Waals surface area contributed by atoms with Crippen molar-refractivity contribution in [3.63, 3.8) is 0 Å². The molecule has 0 radical (unpaired) electrons. The van der Waals surface area contributed by atoms with Crippen LogP contribution >= 0.6 is 0 Å². The van der Waals surface area contributed by atoms with Gasteiger partial charge >= 0.3 is 0 Å². The summed E-state index contributed by atoms with van der Waals surface area (Å²) >= 11 is 0. The van der Waals surface area contributed by atoms with Crippen molar-refractivity contribution in [3.8, 4) is 0 Å². The fraction of sp³-hybridized carbons (Fsp3) is 1.00. The first-order valence-electron chi connectivity index (χ1n) is 8.44. The lowest BCUT2D eigenvalue weighted by Crippen LogP contribution is -2.45. The van der Waals surface area contributed by atoms with E-state index in [-0.39, 0.29) is 6.04 Å². The molecule has 0 aromatic heterocycles. The van der Waals surface area contributed by atoms with Crippen molar-refractivity contribution in [2.45, 2.75) is 69.9 Å². The molecule has 0 heterocycles. The number of hydrogen-bond acceptors (Lipinski definition) is 3. The van der Waals surface area contributed by atoms with Gasteiger partial charge in [0.1, 0.15) is 0 Å². The van der Waals surface area contributed by atoms with Gasteiger partial charge in [0.15, 0.2) is 0 Å². The van der Waals surface area contributed by atoms with Crippen LogP contribution in [0.3, 0.4) is 0 Å². The Bertz CT molecular complexity index is 401. The van der Waals surface area contributed by atoms with Crippen molar-refractivity contribution in [2.75, 3.05) is 27.2 Å². The van der Waals surface area contributed by atoms with E-state index in [1.165, 1.54) is 30.0 Å². The quantitative estimate of drug-likeness (QED) is 0.550. The maximum Gasteiger partial charge on any atom is 0.281 e. The van der Waals surface area contributed by atoms with E-state index in [4.69, 9.17) is 0 Å². The molecular weight excluding hydrogens is 286 g/mol. The summed E-state index contributed by atoms with van der Waals surface area (Å²) in [6, 6.07) is 0.880. The predicted octanol–water partition coefficient (Wildman–Crippen LogP) is 1.96. The van der Waals surface area contributed by atoms with Gasteiger partial charge in [0.25, 0.3) is 10.2 Å². The van der Waals surface area contributed by atoms with Crippen LogP contribution in [0.4, 0.5) is 0 Å². The van der Waals surface area contributed by atoms with Crippen molar-refractivity contribution < 1.29 is 8.42 Å². The van der Waals surface area contributed by atoms with Crippen LogP contribution < -0.4 is 5.32 Å². The lowest BCUT2D eigenvalue weighted by atomic mass is 10.1. The van der Waals surface area contributed by atoms with Crippen LogP contribution in [0.1, 0.15) is 57.8 Å². The third kappa shape index (κ3) is 5.20.